The number of hydrogen-bond donors (Lipinski definition) is 1. The van der Waals surface area contributed by atoms with E-state index in [1.807, 2.05) is 24.3 Å². The molecule has 0 bridgehead atoms. The largest absolute Gasteiger partial charge is 0.506 e. The highest BCUT2D eigenvalue weighted by Crippen LogP contribution is 2.49. The molecule has 0 aliphatic carbocycles. The number of hydrogen-bond acceptors (Lipinski definition) is 2. The molecule has 0 unspecified atom stereocenters. The van der Waals surface area contributed by atoms with Crippen molar-refractivity contribution in [3.05, 3.63) is 92.6 Å². The molecule has 160 valence electrons. The number of aromatic hydroxyl groups is 1. The van der Waals surface area contributed by atoms with Gasteiger partial charge in [-0.2, -0.15) is 0 Å². The fourth-order valence-corrected chi connectivity index (χ4v) is 9.00. The summed E-state index contributed by atoms with van der Waals surface area (Å²) in [5.74, 6) is 1.10. The van der Waals surface area contributed by atoms with Crippen molar-refractivity contribution in [2.45, 2.75) is 6.61 Å². The molecule has 0 fully saturated rings. The van der Waals surface area contributed by atoms with Crippen LogP contribution in [0.1, 0.15) is 5.56 Å². The molecule has 0 saturated carbocycles. The van der Waals surface area contributed by atoms with E-state index in [2.05, 4.69) is 139 Å². The summed E-state index contributed by atoms with van der Waals surface area (Å²) in [5.41, 5.74) is 0.801. The van der Waals surface area contributed by atoms with Crippen molar-refractivity contribution in [3.8, 4) is 16.4 Å². The second-order valence-electron chi connectivity index (χ2n) is 7.24. The Morgan fingerprint density at radius 1 is 0.688 bits per heavy atom. The number of rotatable bonds is 4. The second kappa shape index (κ2) is 9.70. The Labute approximate surface area is 243 Å². The summed E-state index contributed by atoms with van der Waals surface area (Å²) in [6, 6.07) is 25.9. The molecular weight excluding hydrogens is 872 g/mol. The van der Waals surface area contributed by atoms with E-state index in [0.717, 1.165) is 18.5 Å². The molecule has 1 heterocycles. The fraction of sp³-hybridized carbons (Fsp3) is 0.0400. The summed E-state index contributed by atoms with van der Waals surface area (Å²) in [4.78, 5) is 1.28. The maximum absolute atomic E-state index is 10.3. The van der Waals surface area contributed by atoms with Crippen molar-refractivity contribution >= 4 is 121 Å². The van der Waals surface area contributed by atoms with Gasteiger partial charge < -0.3 is 9.84 Å². The molecule has 5 aromatic rings. The molecule has 7 heteroatoms. The van der Waals surface area contributed by atoms with E-state index < -0.39 is 0 Å². The summed E-state index contributed by atoms with van der Waals surface area (Å²) in [5, 5.41) is 13.0. The summed E-state index contributed by atoms with van der Waals surface area (Å²) in [6.45, 7) is 0.340. The van der Waals surface area contributed by atoms with Crippen LogP contribution in [0, 0.1) is 14.3 Å². The van der Waals surface area contributed by atoms with Crippen molar-refractivity contribution in [2.75, 3.05) is 0 Å². The van der Waals surface area contributed by atoms with Crippen LogP contribution in [0.15, 0.2) is 72.8 Å². The average molecular weight is 887 g/mol. The Kier molecular flexibility index (Phi) is 7.08. The molecule has 0 radical (unpaired) electrons. The molecule has 1 aromatic heterocycles. The molecule has 0 atom stereocenters. The number of fused-ring (bicyclic) bond motifs is 3. The van der Waals surface area contributed by atoms with E-state index in [1.54, 1.807) is 0 Å². The van der Waals surface area contributed by atoms with Crippen molar-refractivity contribution in [1.82, 2.24) is 0 Å². The van der Waals surface area contributed by atoms with Crippen molar-refractivity contribution in [1.29, 1.82) is 0 Å². The van der Waals surface area contributed by atoms with Crippen molar-refractivity contribution in [3.63, 3.8) is 0 Å². The Morgan fingerprint density at radius 2 is 1.28 bits per heavy atom. The number of halogens is 4. The fourth-order valence-electron chi connectivity index (χ4n) is 3.72. The zero-order chi connectivity index (χ0) is 22.4. The minimum absolute atomic E-state index is 0.119. The lowest BCUT2D eigenvalue weighted by Gasteiger charge is -2.09. The third kappa shape index (κ3) is 4.60. The van der Waals surface area contributed by atoms with Crippen LogP contribution in [0.25, 0.3) is 25.1 Å². The van der Waals surface area contributed by atoms with Crippen LogP contribution in [0.4, 0.5) is 0 Å². The molecular formula is C25H15I4O2S+. The predicted octanol–water partition coefficient (Wildman–Crippen LogP) is 9.43. The third-order valence-electron chi connectivity index (χ3n) is 5.17. The van der Waals surface area contributed by atoms with Crippen LogP contribution in [-0.2, 0) is 6.61 Å². The SMILES string of the molecule is Oc1c(I)cc(I)cc1COc1ccc(-[s+]2c3ccc(I)cc3c3cc(I)ccc32)cc1. The van der Waals surface area contributed by atoms with Crippen LogP contribution < -0.4 is 4.74 Å². The normalized spacial score (nSPS) is 11.4. The summed E-state index contributed by atoms with van der Waals surface area (Å²) in [7, 11) is -0.119. The van der Waals surface area contributed by atoms with Gasteiger partial charge in [-0.15, -0.1) is 0 Å². The Bertz CT molecular complexity index is 1420. The molecule has 4 aromatic carbocycles. The minimum Gasteiger partial charge on any atom is -0.506 e. The van der Waals surface area contributed by atoms with Gasteiger partial charge >= 0.3 is 0 Å². The summed E-state index contributed by atoms with van der Waals surface area (Å²) >= 11 is 9.20. The van der Waals surface area contributed by atoms with Gasteiger partial charge in [0, 0.05) is 49.6 Å². The van der Waals surface area contributed by atoms with Crippen molar-refractivity contribution < 1.29 is 9.84 Å². The highest BCUT2D eigenvalue weighted by Gasteiger charge is 2.24. The van der Waals surface area contributed by atoms with Gasteiger partial charge in [0.25, 0.3) is 0 Å². The minimum atomic E-state index is -0.119. The predicted molar refractivity (Wildman–Crippen MR) is 169 cm³/mol. The zero-order valence-corrected chi connectivity index (χ0v) is 25.9. The Balaban J connectivity index is 1.50. The maximum atomic E-state index is 10.3. The smallest absolute Gasteiger partial charge is 0.187 e. The molecule has 2 nitrogen and oxygen atoms in total. The van der Waals surface area contributed by atoms with Gasteiger partial charge in [0.05, 0.1) is 3.57 Å². The molecule has 1 N–H and O–H groups in total. The number of phenolic OH excluding ortho intramolecular Hbond substituents is 1. The maximum Gasteiger partial charge on any atom is 0.187 e. The van der Waals surface area contributed by atoms with Crippen molar-refractivity contribution in [2.24, 2.45) is 0 Å². The standard InChI is InChI=1S/C25H14I4O2S/c26-15-1-7-23-20(10-15)21-11-16(27)2-8-24(21)32(23)19-5-3-18(4-6-19)31-13-14-9-17(28)12-22(29)25(14)30/h1-12H,13H2/p+1. The first-order valence-corrected chi connectivity index (χ1v) is 15.2. The van der Waals surface area contributed by atoms with Crippen LogP contribution >= 0.6 is 101 Å². The third-order valence-corrected chi connectivity index (χ3v) is 10.3. The molecule has 0 amide bonds. The number of benzene rings is 4. The monoisotopic (exact) mass is 887 g/mol. The number of phenols is 1. The first-order chi connectivity index (χ1) is 15.4. The first-order valence-electron chi connectivity index (χ1n) is 9.64. The van der Waals surface area contributed by atoms with Gasteiger partial charge in [-0.1, -0.05) is 0 Å². The molecule has 0 aliphatic heterocycles. The topological polar surface area (TPSA) is 29.5 Å². The Morgan fingerprint density at radius 3 is 1.88 bits per heavy atom. The van der Waals surface area contributed by atoms with Crippen LogP contribution in [0.3, 0.4) is 0 Å². The zero-order valence-electron chi connectivity index (χ0n) is 16.4. The quantitative estimate of drug-likeness (QED) is 0.144. The highest BCUT2D eigenvalue weighted by molar-refractivity contribution is 14.1. The van der Waals surface area contributed by atoms with E-state index in [1.165, 1.54) is 32.2 Å². The average Bonchev–Trinajstić information content (AvgIpc) is 3.08. The van der Waals surface area contributed by atoms with Gasteiger partial charge in [0.2, 0.25) is 0 Å². The Hall–Kier alpha value is -0.380. The lowest BCUT2D eigenvalue weighted by molar-refractivity contribution is 0.298. The van der Waals surface area contributed by atoms with E-state index in [9.17, 15) is 5.11 Å². The molecule has 0 aliphatic rings. The number of ether oxygens (including phenoxy) is 1. The van der Waals surface area contributed by atoms with Crippen LogP contribution in [0.5, 0.6) is 11.5 Å². The van der Waals surface area contributed by atoms with Crippen LogP contribution in [0.2, 0.25) is 0 Å². The first kappa shape index (κ1) is 23.4. The van der Waals surface area contributed by atoms with Gasteiger partial charge in [-0.3, -0.25) is 0 Å². The van der Waals surface area contributed by atoms with E-state index in [4.69, 9.17) is 4.74 Å². The lowest BCUT2D eigenvalue weighted by atomic mass is 10.2. The van der Waals surface area contributed by atoms with Gasteiger partial charge in [0.1, 0.15) is 18.1 Å². The molecule has 0 spiro atoms. The highest BCUT2D eigenvalue weighted by atomic mass is 127. The second-order valence-corrected chi connectivity index (χ2v) is 14.1. The lowest BCUT2D eigenvalue weighted by Crippen LogP contribution is -1.97. The van der Waals surface area contributed by atoms with E-state index in [0.29, 0.717) is 12.4 Å². The van der Waals surface area contributed by atoms with Gasteiger partial charge in [-0.25, -0.2) is 0 Å². The summed E-state index contributed by atoms with van der Waals surface area (Å²) < 4.78 is 13.2. The summed E-state index contributed by atoms with van der Waals surface area (Å²) in [6.07, 6.45) is 0. The molecule has 0 saturated heterocycles. The number of thiophene rings is 1. The van der Waals surface area contributed by atoms with E-state index in [-0.39, 0.29) is 10.5 Å². The molecule has 32 heavy (non-hydrogen) atoms. The van der Waals surface area contributed by atoms with E-state index >= 15 is 0 Å². The van der Waals surface area contributed by atoms with Crippen LogP contribution in [-0.4, -0.2) is 5.11 Å². The molecule has 5 rings (SSSR count). The van der Waals surface area contributed by atoms with Gasteiger partial charge in [0.15, 0.2) is 14.3 Å². The van der Waals surface area contributed by atoms with Gasteiger partial charge in [-0.05, 0) is 151 Å².